The average molecular weight is 487 g/mol. The molecule has 10 heteroatoms. The SMILES string of the molecule is Cc1ccc(NC(=O)[C@H](OC(=O)[C@H](C)N2C(=O)c3ccccc3C2=O)c2ccccc2)c([N+](=O)[O-])c1. The molecule has 0 aromatic heterocycles. The van der Waals surface area contributed by atoms with Crippen LogP contribution in [0.2, 0.25) is 0 Å². The van der Waals surface area contributed by atoms with E-state index in [1.54, 1.807) is 55.5 Å². The number of nitrogens with one attached hydrogen (secondary N) is 1. The van der Waals surface area contributed by atoms with Crippen molar-refractivity contribution in [3.8, 4) is 0 Å². The molecule has 0 saturated carbocycles. The first-order valence-electron chi connectivity index (χ1n) is 11.0. The van der Waals surface area contributed by atoms with E-state index in [1.165, 1.54) is 31.2 Å². The number of nitro groups is 1. The first-order valence-corrected chi connectivity index (χ1v) is 11.0. The van der Waals surface area contributed by atoms with Crippen LogP contribution in [-0.2, 0) is 14.3 Å². The van der Waals surface area contributed by atoms with Crippen molar-refractivity contribution in [3.05, 3.63) is 105 Å². The van der Waals surface area contributed by atoms with E-state index in [-0.39, 0.29) is 22.5 Å². The quantitative estimate of drug-likeness (QED) is 0.232. The molecule has 0 radical (unpaired) electrons. The van der Waals surface area contributed by atoms with Crippen LogP contribution in [0.25, 0.3) is 0 Å². The number of hydrogen-bond donors (Lipinski definition) is 1. The van der Waals surface area contributed by atoms with Gasteiger partial charge >= 0.3 is 5.97 Å². The van der Waals surface area contributed by atoms with E-state index in [1.807, 2.05) is 0 Å². The second-order valence-electron chi connectivity index (χ2n) is 8.20. The lowest BCUT2D eigenvalue weighted by atomic mass is 10.1. The van der Waals surface area contributed by atoms with Crippen LogP contribution in [0, 0.1) is 17.0 Å². The number of amides is 3. The lowest BCUT2D eigenvalue weighted by Crippen LogP contribution is -2.44. The zero-order valence-electron chi connectivity index (χ0n) is 19.3. The first kappa shape index (κ1) is 24.3. The van der Waals surface area contributed by atoms with E-state index in [4.69, 9.17) is 4.74 Å². The van der Waals surface area contributed by atoms with Gasteiger partial charge in [0.25, 0.3) is 23.4 Å². The number of nitro benzene ring substituents is 1. The largest absolute Gasteiger partial charge is 0.446 e. The van der Waals surface area contributed by atoms with Crippen LogP contribution in [0.3, 0.4) is 0 Å². The van der Waals surface area contributed by atoms with Gasteiger partial charge in [-0.25, -0.2) is 4.79 Å². The third-order valence-electron chi connectivity index (χ3n) is 5.74. The number of ether oxygens (including phenoxy) is 1. The van der Waals surface area contributed by atoms with E-state index < -0.39 is 40.8 Å². The number of hydrogen-bond acceptors (Lipinski definition) is 7. The maximum atomic E-state index is 13.2. The van der Waals surface area contributed by atoms with E-state index in [0.29, 0.717) is 11.1 Å². The van der Waals surface area contributed by atoms with Crippen LogP contribution in [0.1, 0.15) is 44.9 Å². The first-order chi connectivity index (χ1) is 17.2. The van der Waals surface area contributed by atoms with Gasteiger partial charge in [0, 0.05) is 11.6 Å². The van der Waals surface area contributed by atoms with E-state index in [9.17, 15) is 29.3 Å². The normalized spacial score (nSPS) is 14.1. The summed E-state index contributed by atoms with van der Waals surface area (Å²) in [7, 11) is 0. The molecule has 1 N–H and O–H groups in total. The molecular weight excluding hydrogens is 466 g/mol. The van der Waals surface area contributed by atoms with Crippen molar-refractivity contribution in [3.63, 3.8) is 0 Å². The third kappa shape index (κ3) is 4.56. The molecule has 0 saturated heterocycles. The minimum Gasteiger partial charge on any atom is -0.446 e. The fraction of sp³-hybridized carbons (Fsp3) is 0.154. The topological polar surface area (TPSA) is 136 Å². The molecular formula is C26H21N3O7. The number of nitrogens with zero attached hydrogens (tertiary/aromatic N) is 2. The number of carbonyl (C=O) groups excluding carboxylic acids is 4. The number of imide groups is 1. The zero-order chi connectivity index (χ0) is 26.0. The Bertz CT molecular complexity index is 1350. The van der Waals surface area contributed by atoms with Gasteiger partial charge < -0.3 is 10.1 Å². The molecule has 10 nitrogen and oxygen atoms in total. The van der Waals surface area contributed by atoms with Crippen molar-refractivity contribution in [1.82, 2.24) is 4.90 Å². The summed E-state index contributed by atoms with van der Waals surface area (Å²) in [5, 5.41) is 13.9. The van der Waals surface area contributed by atoms with Gasteiger partial charge in [-0.2, -0.15) is 0 Å². The summed E-state index contributed by atoms with van der Waals surface area (Å²) in [5.74, 6) is -3.12. The summed E-state index contributed by atoms with van der Waals surface area (Å²) in [6.07, 6.45) is -1.50. The molecule has 3 aromatic carbocycles. The van der Waals surface area contributed by atoms with Crippen LogP contribution in [-0.4, -0.2) is 39.6 Å². The van der Waals surface area contributed by atoms with Crippen molar-refractivity contribution < 1.29 is 28.8 Å². The van der Waals surface area contributed by atoms with Gasteiger partial charge in [-0.3, -0.25) is 29.4 Å². The number of rotatable bonds is 7. The summed E-state index contributed by atoms with van der Waals surface area (Å²) in [5.41, 5.74) is 0.882. The van der Waals surface area contributed by atoms with E-state index >= 15 is 0 Å². The second-order valence-corrected chi connectivity index (χ2v) is 8.20. The highest BCUT2D eigenvalue weighted by Gasteiger charge is 2.42. The molecule has 3 aromatic rings. The summed E-state index contributed by atoms with van der Waals surface area (Å²) in [6, 6.07) is 17.2. The van der Waals surface area contributed by atoms with Crippen molar-refractivity contribution in [2.24, 2.45) is 0 Å². The number of carbonyl (C=O) groups is 4. The molecule has 0 bridgehead atoms. The molecule has 1 heterocycles. The Morgan fingerprint density at radius 2 is 1.53 bits per heavy atom. The smallest absolute Gasteiger partial charge is 0.330 e. The number of esters is 1. The predicted octanol–water partition coefficient (Wildman–Crippen LogP) is 3.81. The Morgan fingerprint density at radius 1 is 0.944 bits per heavy atom. The number of aryl methyl sites for hydroxylation is 1. The zero-order valence-corrected chi connectivity index (χ0v) is 19.3. The third-order valence-corrected chi connectivity index (χ3v) is 5.74. The number of benzene rings is 3. The molecule has 36 heavy (non-hydrogen) atoms. The Kier molecular flexibility index (Phi) is 6.60. The molecule has 0 aliphatic carbocycles. The molecule has 2 atom stereocenters. The van der Waals surface area contributed by atoms with Crippen molar-refractivity contribution in [2.75, 3.05) is 5.32 Å². The minimum atomic E-state index is -1.50. The van der Waals surface area contributed by atoms with Gasteiger partial charge in [-0.05, 0) is 37.6 Å². The maximum absolute atomic E-state index is 13.2. The highest BCUT2D eigenvalue weighted by molar-refractivity contribution is 6.22. The summed E-state index contributed by atoms with van der Waals surface area (Å²) >= 11 is 0. The Balaban J connectivity index is 1.59. The van der Waals surface area contributed by atoms with Gasteiger partial charge in [0.1, 0.15) is 11.7 Å². The maximum Gasteiger partial charge on any atom is 0.330 e. The van der Waals surface area contributed by atoms with Crippen molar-refractivity contribution in [1.29, 1.82) is 0 Å². The Hall–Kier alpha value is -4.86. The van der Waals surface area contributed by atoms with E-state index in [0.717, 1.165) is 4.90 Å². The highest BCUT2D eigenvalue weighted by atomic mass is 16.6. The Morgan fingerprint density at radius 3 is 2.11 bits per heavy atom. The molecule has 0 unspecified atom stereocenters. The van der Waals surface area contributed by atoms with Gasteiger partial charge in [0.2, 0.25) is 6.10 Å². The van der Waals surface area contributed by atoms with Gasteiger partial charge in [-0.1, -0.05) is 48.5 Å². The van der Waals surface area contributed by atoms with Crippen LogP contribution in [0.5, 0.6) is 0 Å². The summed E-state index contributed by atoms with van der Waals surface area (Å²) in [6.45, 7) is 3.00. The Labute approximate surface area is 205 Å². The van der Waals surface area contributed by atoms with Gasteiger partial charge in [0.05, 0.1) is 16.1 Å². The van der Waals surface area contributed by atoms with Gasteiger partial charge in [0.15, 0.2) is 0 Å². The van der Waals surface area contributed by atoms with Gasteiger partial charge in [-0.15, -0.1) is 0 Å². The van der Waals surface area contributed by atoms with Crippen LogP contribution in [0.4, 0.5) is 11.4 Å². The van der Waals surface area contributed by atoms with Crippen LogP contribution >= 0.6 is 0 Å². The van der Waals surface area contributed by atoms with Crippen molar-refractivity contribution in [2.45, 2.75) is 26.0 Å². The predicted molar refractivity (Wildman–Crippen MR) is 128 cm³/mol. The monoisotopic (exact) mass is 487 g/mol. The van der Waals surface area contributed by atoms with Crippen molar-refractivity contribution >= 4 is 35.1 Å². The average Bonchev–Trinajstić information content (AvgIpc) is 3.13. The standard InChI is InChI=1S/C26H21N3O7/c1-15-12-13-20(21(14-15)29(34)35)27-23(30)22(17-8-4-3-5-9-17)36-26(33)16(2)28-24(31)18-10-6-7-11-19(18)25(28)32/h3-14,16,22H,1-2H3,(H,27,30)/t16-,22+/m0/s1. The lowest BCUT2D eigenvalue weighted by molar-refractivity contribution is -0.384. The fourth-order valence-corrected chi connectivity index (χ4v) is 3.88. The van der Waals surface area contributed by atoms with Crippen LogP contribution in [0.15, 0.2) is 72.8 Å². The molecule has 4 rings (SSSR count). The molecule has 1 aliphatic rings. The molecule has 1 aliphatic heterocycles. The minimum absolute atomic E-state index is 0.0685. The summed E-state index contributed by atoms with van der Waals surface area (Å²) < 4.78 is 5.50. The number of anilines is 1. The number of fused-ring (bicyclic) bond motifs is 1. The summed E-state index contributed by atoms with van der Waals surface area (Å²) in [4.78, 5) is 63.4. The molecule has 0 fully saturated rings. The molecule has 3 amide bonds. The molecule has 0 spiro atoms. The second kappa shape index (κ2) is 9.79. The lowest BCUT2D eigenvalue weighted by Gasteiger charge is -2.24. The highest BCUT2D eigenvalue weighted by Crippen LogP contribution is 2.29. The fourth-order valence-electron chi connectivity index (χ4n) is 3.88. The van der Waals surface area contributed by atoms with E-state index in [2.05, 4.69) is 5.32 Å². The molecule has 182 valence electrons. The van der Waals surface area contributed by atoms with Crippen LogP contribution < -0.4 is 5.32 Å².